The first-order chi connectivity index (χ1) is 9.77. The summed E-state index contributed by atoms with van der Waals surface area (Å²) in [6, 6.07) is 0.152. The van der Waals surface area contributed by atoms with Crippen LogP contribution in [0.3, 0.4) is 0 Å². The Kier molecular flexibility index (Phi) is 5.11. The fourth-order valence-electron chi connectivity index (χ4n) is 3.11. The Labute approximate surface area is 133 Å². The average molecular weight is 310 g/mol. The van der Waals surface area contributed by atoms with Crippen LogP contribution in [0.5, 0.6) is 0 Å². The number of thiazole rings is 1. The van der Waals surface area contributed by atoms with E-state index in [9.17, 15) is 0 Å². The predicted octanol–water partition coefficient (Wildman–Crippen LogP) is 3.57. The van der Waals surface area contributed by atoms with Gasteiger partial charge in [-0.05, 0) is 39.3 Å². The van der Waals surface area contributed by atoms with E-state index in [0.29, 0.717) is 0 Å². The normalized spacial score (nSPS) is 21.4. The Morgan fingerprint density at radius 2 is 1.90 bits per heavy atom. The van der Waals surface area contributed by atoms with E-state index >= 15 is 0 Å². The van der Waals surface area contributed by atoms with Gasteiger partial charge in [0.2, 0.25) is 0 Å². The van der Waals surface area contributed by atoms with Crippen molar-refractivity contribution in [2.75, 3.05) is 13.1 Å². The van der Waals surface area contributed by atoms with Crippen LogP contribution >= 0.6 is 11.3 Å². The summed E-state index contributed by atoms with van der Waals surface area (Å²) in [5.41, 5.74) is 8.03. The van der Waals surface area contributed by atoms with E-state index < -0.39 is 0 Å². The van der Waals surface area contributed by atoms with Gasteiger partial charge >= 0.3 is 0 Å². The highest BCUT2D eigenvalue weighted by atomic mass is 32.1. The third-order valence-corrected chi connectivity index (χ3v) is 5.93. The highest BCUT2D eigenvalue weighted by molar-refractivity contribution is 7.09. The van der Waals surface area contributed by atoms with Gasteiger partial charge in [-0.1, -0.05) is 27.7 Å². The summed E-state index contributed by atoms with van der Waals surface area (Å²) in [6.07, 6.45) is 4.62. The van der Waals surface area contributed by atoms with Crippen LogP contribution in [0.2, 0.25) is 0 Å². The lowest BCUT2D eigenvalue weighted by molar-refractivity contribution is 0.0998. The third kappa shape index (κ3) is 3.66. The van der Waals surface area contributed by atoms with Gasteiger partial charge in [0, 0.05) is 28.8 Å². The Hall–Kier alpha value is -0.450. The fraction of sp³-hybridized carbons (Fsp3) is 0.824. The molecule has 2 unspecified atom stereocenters. The van der Waals surface area contributed by atoms with E-state index in [1.54, 1.807) is 11.3 Å². The van der Waals surface area contributed by atoms with Crippen LogP contribution in [0.15, 0.2) is 5.38 Å². The topological polar surface area (TPSA) is 42.1 Å². The molecule has 1 aromatic heterocycles. The molecule has 120 valence electrons. The van der Waals surface area contributed by atoms with Gasteiger partial charge in [0.15, 0.2) is 0 Å². The molecule has 1 saturated heterocycles. The minimum atomic E-state index is 0.101. The van der Waals surface area contributed by atoms with Crippen LogP contribution in [-0.2, 0) is 11.8 Å². The number of nitrogens with zero attached hydrogens (tertiary/aromatic N) is 2. The quantitative estimate of drug-likeness (QED) is 0.904. The summed E-state index contributed by atoms with van der Waals surface area (Å²) in [4.78, 5) is 7.41. The van der Waals surface area contributed by atoms with Crippen molar-refractivity contribution in [2.24, 2.45) is 5.73 Å². The molecule has 0 radical (unpaired) electrons. The van der Waals surface area contributed by atoms with Crippen molar-refractivity contribution in [3.05, 3.63) is 16.1 Å². The first-order valence-corrected chi connectivity index (χ1v) is 9.11. The molecule has 1 fully saturated rings. The monoisotopic (exact) mass is 309 g/mol. The molecule has 0 bridgehead atoms. The molecule has 21 heavy (non-hydrogen) atoms. The second kappa shape index (κ2) is 6.35. The molecule has 0 aliphatic carbocycles. The second-order valence-electron chi connectivity index (χ2n) is 7.59. The largest absolute Gasteiger partial charge is 0.326 e. The molecule has 2 heterocycles. The van der Waals surface area contributed by atoms with Gasteiger partial charge in [0.25, 0.3) is 0 Å². The van der Waals surface area contributed by atoms with Crippen molar-refractivity contribution >= 4 is 11.3 Å². The lowest BCUT2D eigenvalue weighted by Gasteiger charge is -2.42. The van der Waals surface area contributed by atoms with Gasteiger partial charge in [-0.25, -0.2) is 4.98 Å². The lowest BCUT2D eigenvalue weighted by Crippen LogP contribution is -2.57. The van der Waals surface area contributed by atoms with Gasteiger partial charge in [0.05, 0.1) is 10.7 Å². The maximum Gasteiger partial charge on any atom is 0.0944 e. The molecule has 4 heteroatoms. The number of likely N-dealkylation sites (tertiary alicyclic amines) is 1. The first-order valence-electron chi connectivity index (χ1n) is 8.23. The van der Waals surface area contributed by atoms with Crippen molar-refractivity contribution in [3.63, 3.8) is 0 Å². The third-order valence-electron chi connectivity index (χ3n) is 5.06. The van der Waals surface area contributed by atoms with Crippen LogP contribution in [0.1, 0.15) is 64.6 Å². The van der Waals surface area contributed by atoms with E-state index in [-0.39, 0.29) is 17.0 Å². The highest BCUT2D eigenvalue weighted by Crippen LogP contribution is 2.30. The minimum Gasteiger partial charge on any atom is -0.326 e. The van der Waals surface area contributed by atoms with E-state index in [2.05, 4.69) is 44.9 Å². The van der Waals surface area contributed by atoms with E-state index in [1.165, 1.54) is 36.6 Å². The summed E-state index contributed by atoms with van der Waals surface area (Å²) in [7, 11) is 0. The molecule has 2 rings (SSSR count). The van der Waals surface area contributed by atoms with Crippen LogP contribution in [0.25, 0.3) is 0 Å². The van der Waals surface area contributed by atoms with Gasteiger partial charge < -0.3 is 5.73 Å². The number of hydrogen-bond donors (Lipinski definition) is 1. The Morgan fingerprint density at radius 3 is 2.38 bits per heavy atom. The Bertz CT molecular complexity index is 457. The van der Waals surface area contributed by atoms with Crippen LogP contribution in [0.4, 0.5) is 0 Å². The van der Waals surface area contributed by atoms with Gasteiger partial charge in [-0.3, -0.25) is 4.90 Å². The van der Waals surface area contributed by atoms with Crippen molar-refractivity contribution in [3.8, 4) is 0 Å². The number of rotatable bonds is 5. The summed E-state index contributed by atoms with van der Waals surface area (Å²) in [5, 5.41) is 3.38. The standard InChI is InChI=1S/C17H31N3S/c1-6-17(5,20-9-7-8-10-20)13(18)11-15-19-14(12-21-15)16(2,3)4/h12-13H,6-11,18H2,1-5H3. The Morgan fingerprint density at radius 1 is 1.29 bits per heavy atom. The molecular formula is C17H31N3S. The number of aromatic nitrogens is 1. The molecular weight excluding hydrogens is 278 g/mol. The summed E-state index contributed by atoms with van der Waals surface area (Å²) in [6.45, 7) is 13.6. The van der Waals surface area contributed by atoms with E-state index in [0.717, 1.165) is 12.8 Å². The average Bonchev–Trinajstić information content (AvgIpc) is 3.07. The maximum atomic E-state index is 6.62. The molecule has 1 aliphatic rings. The maximum absolute atomic E-state index is 6.62. The second-order valence-corrected chi connectivity index (χ2v) is 8.53. The molecule has 2 N–H and O–H groups in total. The van der Waals surface area contributed by atoms with E-state index in [4.69, 9.17) is 10.7 Å². The first kappa shape index (κ1) is 16.9. The van der Waals surface area contributed by atoms with Gasteiger partial charge in [-0.2, -0.15) is 0 Å². The number of nitrogens with two attached hydrogens (primary N) is 1. The Balaban J connectivity index is 2.08. The molecule has 0 spiro atoms. The van der Waals surface area contributed by atoms with E-state index in [1.807, 2.05) is 0 Å². The van der Waals surface area contributed by atoms with Gasteiger partial charge in [-0.15, -0.1) is 11.3 Å². The fourth-order valence-corrected chi connectivity index (χ4v) is 4.19. The molecule has 1 aromatic rings. The zero-order chi connectivity index (χ0) is 15.7. The summed E-state index contributed by atoms with van der Waals surface area (Å²) < 4.78 is 0. The van der Waals surface area contributed by atoms with Crippen molar-refractivity contribution in [1.82, 2.24) is 9.88 Å². The molecule has 0 amide bonds. The minimum absolute atomic E-state index is 0.101. The zero-order valence-corrected chi connectivity index (χ0v) is 15.1. The SMILES string of the molecule is CCC(C)(C(N)Cc1nc(C(C)(C)C)cs1)N1CCCC1. The number of hydrogen-bond acceptors (Lipinski definition) is 4. The summed E-state index contributed by atoms with van der Waals surface area (Å²) >= 11 is 1.76. The molecule has 0 saturated carbocycles. The lowest BCUT2D eigenvalue weighted by atomic mass is 9.86. The van der Waals surface area contributed by atoms with Crippen LogP contribution in [-0.4, -0.2) is 34.6 Å². The van der Waals surface area contributed by atoms with Crippen LogP contribution in [0, 0.1) is 0 Å². The van der Waals surface area contributed by atoms with Crippen LogP contribution < -0.4 is 5.73 Å². The molecule has 0 aromatic carbocycles. The smallest absolute Gasteiger partial charge is 0.0944 e. The molecule has 3 nitrogen and oxygen atoms in total. The summed E-state index contributed by atoms with van der Waals surface area (Å²) in [5.74, 6) is 0. The molecule has 2 atom stereocenters. The zero-order valence-electron chi connectivity index (χ0n) is 14.3. The van der Waals surface area contributed by atoms with Crippen molar-refractivity contribution in [1.29, 1.82) is 0 Å². The highest BCUT2D eigenvalue weighted by Gasteiger charge is 2.37. The van der Waals surface area contributed by atoms with Crippen molar-refractivity contribution < 1.29 is 0 Å². The molecule has 1 aliphatic heterocycles. The van der Waals surface area contributed by atoms with Gasteiger partial charge in [0.1, 0.15) is 0 Å². The predicted molar refractivity (Wildman–Crippen MR) is 92.0 cm³/mol. The van der Waals surface area contributed by atoms with Crippen molar-refractivity contribution in [2.45, 2.75) is 77.3 Å².